The molecule has 0 aromatic heterocycles. The third kappa shape index (κ3) is 4.19. The van der Waals surface area contributed by atoms with Crippen molar-refractivity contribution >= 4 is 21.7 Å². The van der Waals surface area contributed by atoms with Crippen molar-refractivity contribution in [2.24, 2.45) is 0 Å². The molecule has 0 bridgehead atoms. The van der Waals surface area contributed by atoms with E-state index in [1.165, 1.54) is 19.2 Å². The summed E-state index contributed by atoms with van der Waals surface area (Å²) in [4.78, 5) is 26.2. The van der Waals surface area contributed by atoms with Crippen LogP contribution in [0.25, 0.3) is 0 Å². The van der Waals surface area contributed by atoms with Crippen LogP contribution in [-0.4, -0.2) is 50.6 Å². The second kappa shape index (κ2) is 7.92. The SMILES string of the molecule is COC(=O)c1ccc(C(=O)N2CCC[C@@H]2CS(=O)(=O)c2ccccc2)cc1. The van der Waals surface area contributed by atoms with Gasteiger partial charge in [0.25, 0.3) is 5.91 Å². The molecule has 0 spiro atoms. The first-order chi connectivity index (χ1) is 12.9. The number of nitrogens with zero attached hydrogens (tertiary/aromatic N) is 1. The van der Waals surface area contributed by atoms with E-state index in [0.29, 0.717) is 24.1 Å². The number of methoxy groups -OCH3 is 1. The minimum atomic E-state index is -3.47. The van der Waals surface area contributed by atoms with Crippen LogP contribution in [0.2, 0.25) is 0 Å². The molecule has 1 aliphatic rings. The molecule has 142 valence electrons. The Balaban J connectivity index is 1.76. The molecular weight excluding hydrogens is 366 g/mol. The van der Waals surface area contributed by atoms with Crippen LogP contribution in [0.1, 0.15) is 33.6 Å². The first-order valence-corrected chi connectivity index (χ1v) is 10.3. The van der Waals surface area contributed by atoms with Crippen molar-refractivity contribution in [3.05, 3.63) is 65.7 Å². The van der Waals surface area contributed by atoms with Crippen LogP contribution < -0.4 is 0 Å². The van der Waals surface area contributed by atoms with E-state index < -0.39 is 15.8 Å². The Morgan fingerprint density at radius 2 is 1.67 bits per heavy atom. The summed E-state index contributed by atoms with van der Waals surface area (Å²) in [6.45, 7) is 0.520. The zero-order valence-electron chi connectivity index (χ0n) is 15.0. The summed E-state index contributed by atoms with van der Waals surface area (Å²) < 4.78 is 30.0. The summed E-state index contributed by atoms with van der Waals surface area (Å²) in [6, 6.07) is 14.1. The molecule has 1 saturated heterocycles. The topological polar surface area (TPSA) is 80.8 Å². The number of hydrogen-bond acceptors (Lipinski definition) is 5. The van der Waals surface area contributed by atoms with Gasteiger partial charge < -0.3 is 9.64 Å². The van der Waals surface area contributed by atoms with Crippen molar-refractivity contribution in [1.29, 1.82) is 0 Å². The average Bonchev–Trinajstić information content (AvgIpc) is 3.15. The Morgan fingerprint density at radius 3 is 2.30 bits per heavy atom. The van der Waals surface area contributed by atoms with Gasteiger partial charge in [-0.25, -0.2) is 13.2 Å². The molecule has 6 nitrogen and oxygen atoms in total. The average molecular weight is 387 g/mol. The number of esters is 1. The van der Waals surface area contributed by atoms with E-state index in [1.54, 1.807) is 47.4 Å². The van der Waals surface area contributed by atoms with Gasteiger partial charge in [-0.3, -0.25) is 4.79 Å². The number of likely N-dealkylation sites (tertiary alicyclic amines) is 1. The molecule has 27 heavy (non-hydrogen) atoms. The number of carbonyl (C=O) groups is 2. The lowest BCUT2D eigenvalue weighted by atomic mass is 10.1. The van der Waals surface area contributed by atoms with E-state index >= 15 is 0 Å². The van der Waals surface area contributed by atoms with Crippen LogP contribution in [0.3, 0.4) is 0 Å². The molecule has 2 aromatic carbocycles. The van der Waals surface area contributed by atoms with E-state index in [2.05, 4.69) is 4.74 Å². The van der Waals surface area contributed by atoms with E-state index in [-0.39, 0.29) is 22.6 Å². The standard InChI is InChI=1S/C20H21NO5S/c1-26-20(23)16-11-9-15(10-12-16)19(22)21-13-5-6-17(21)14-27(24,25)18-7-3-2-4-8-18/h2-4,7-12,17H,5-6,13-14H2,1H3/t17-/m1/s1. The molecule has 2 aromatic rings. The van der Waals surface area contributed by atoms with Crippen LogP contribution in [0, 0.1) is 0 Å². The monoisotopic (exact) mass is 387 g/mol. The molecule has 1 aliphatic heterocycles. The van der Waals surface area contributed by atoms with Gasteiger partial charge in [0.1, 0.15) is 0 Å². The molecule has 1 heterocycles. The number of sulfone groups is 1. The van der Waals surface area contributed by atoms with Gasteiger partial charge >= 0.3 is 5.97 Å². The molecule has 0 N–H and O–H groups in total. The highest BCUT2D eigenvalue weighted by Gasteiger charge is 2.33. The number of ether oxygens (including phenoxy) is 1. The fourth-order valence-electron chi connectivity index (χ4n) is 3.29. The third-order valence-electron chi connectivity index (χ3n) is 4.71. The third-order valence-corrected chi connectivity index (χ3v) is 6.52. The summed E-state index contributed by atoms with van der Waals surface area (Å²) in [5.74, 6) is -0.789. The summed E-state index contributed by atoms with van der Waals surface area (Å²) in [6.07, 6.45) is 1.42. The second-order valence-corrected chi connectivity index (χ2v) is 8.49. The van der Waals surface area contributed by atoms with Crippen LogP contribution in [0.5, 0.6) is 0 Å². The summed E-state index contributed by atoms with van der Waals surface area (Å²) >= 11 is 0. The number of amides is 1. The van der Waals surface area contributed by atoms with Crippen molar-refractivity contribution in [3.63, 3.8) is 0 Å². The number of benzene rings is 2. The van der Waals surface area contributed by atoms with E-state index in [0.717, 1.165) is 6.42 Å². The van der Waals surface area contributed by atoms with Crippen molar-refractivity contribution in [2.45, 2.75) is 23.8 Å². The highest BCUT2D eigenvalue weighted by Crippen LogP contribution is 2.24. The molecule has 1 atom stereocenters. The van der Waals surface area contributed by atoms with Crippen LogP contribution in [-0.2, 0) is 14.6 Å². The Morgan fingerprint density at radius 1 is 1.04 bits per heavy atom. The van der Waals surface area contributed by atoms with Crippen LogP contribution in [0.4, 0.5) is 0 Å². The van der Waals surface area contributed by atoms with E-state index in [1.807, 2.05) is 0 Å². The summed E-state index contributed by atoms with van der Waals surface area (Å²) in [5.41, 5.74) is 0.783. The molecule has 3 rings (SSSR count). The quantitative estimate of drug-likeness (QED) is 0.737. The first kappa shape index (κ1) is 19.1. The largest absolute Gasteiger partial charge is 0.465 e. The zero-order chi connectivity index (χ0) is 19.4. The van der Waals surface area contributed by atoms with Gasteiger partial charge in [-0.05, 0) is 49.2 Å². The highest BCUT2D eigenvalue weighted by atomic mass is 32.2. The Kier molecular flexibility index (Phi) is 5.60. The second-order valence-electron chi connectivity index (χ2n) is 6.46. The Labute approximate surface area is 158 Å². The van der Waals surface area contributed by atoms with Gasteiger partial charge in [0.05, 0.1) is 23.3 Å². The smallest absolute Gasteiger partial charge is 0.337 e. The van der Waals surface area contributed by atoms with Gasteiger partial charge in [0.15, 0.2) is 9.84 Å². The molecule has 0 radical (unpaired) electrons. The number of carbonyl (C=O) groups excluding carboxylic acids is 2. The van der Waals surface area contributed by atoms with Crippen molar-refractivity contribution < 1.29 is 22.7 Å². The van der Waals surface area contributed by atoms with Crippen molar-refractivity contribution in [3.8, 4) is 0 Å². The van der Waals surface area contributed by atoms with Crippen molar-refractivity contribution in [1.82, 2.24) is 4.90 Å². The number of hydrogen-bond donors (Lipinski definition) is 0. The maximum absolute atomic E-state index is 12.8. The molecule has 1 fully saturated rings. The molecule has 0 unspecified atom stereocenters. The van der Waals surface area contributed by atoms with Gasteiger partial charge in [-0.1, -0.05) is 18.2 Å². The molecule has 7 heteroatoms. The first-order valence-electron chi connectivity index (χ1n) is 8.69. The van der Waals surface area contributed by atoms with Crippen LogP contribution in [0.15, 0.2) is 59.5 Å². The van der Waals surface area contributed by atoms with Gasteiger partial charge in [0, 0.05) is 18.2 Å². The zero-order valence-corrected chi connectivity index (χ0v) is 15.8. The predicted octanol–water partition coefficient (Wildman–Crippen LogP) is 2.55. The Bertz CT molecular complexity index is 923. The van der Waals surface area contributed by atoms with E-state index in [9.17, 15) is 18.0 Å². The fourth-order valence-corrected chi connectivity index (χ4v) is 4.90. The lowest BCUT2D eigenvalue weighted by Gasteiger charge is -2.24. The molecular formula is C20H21NO5S. The lowest BCUT2D eigenvalue weighted by molar-refractivity contribution is 0.0599. The maximum Gasteiger partial charge on any atom is 0.337 e. The van der Waals surface area contributed by atoms with Gasteiger partial charge in [-0.15, -0.1) is 0 Å². The molecule has 0 aliphatic carbocycles. The van der Waals surface area contributed by atoms with Crippen LogP contribution >= 0.6 is 0 Å². The fraction of sp³-hybridized carbons (Fsp3) is 0.300. The number of rotatable bonds is 5. The summed E-state index contributed by atoms with van der Waals surface area (Å²) in [7, 11) is -2.17. The van der Waals surface area contributed by atoms with Gasteiger partial charge in [0.2, 0.25) is 0 Å². The van der Waals surface area contributed by atoms with E-state index in [4.69, 9.17) is 0 Å². The Hall–Kier alpha value is -2.67. The highest BCUT2D eigenvalue weighted by molar-refractivity contribution is 7.91. The van der Waals surface area contributed by atoms with Crippen molar-refractivity contribution in [2.75, 3.05) is 19.4 Å². The lowest BCUT2D eigenvalue weighted by Crippen LogP contribution is -2.39. The van der Waals surface area contributed by atoms with Gasteiger partial charge in [-0.2, -0.15) is 0 Å². The molecule has 0 saturated carbocycles. The maximum atomic E-state index is 12.8. The molecule has 1 amide bonds. The minimum Gasteiger partial charge on any atom is -0.465 e. The predicted molar refractivity (Wildman–Crippen MR) is 100 cm³/mol. The summed E-state index contributed by atoms with van der Waals surface area (Å²) in [5, 5.41) is 0. The minimum absolute atomic E-state index is 0.0942. The normalized spacial score (nSPS) is 16.9.